The van der Waals surface area contributed by atoms with Gasteiger partial charge in [-0.15, -0.1) is 0 Å². The van der Waals surface area contributed by atoms with E-state index < -0.39 is 0 Å². The fourth-order valence-corrected chi connectivity index (χ4v) is 3.11. The minimum absolute atomic E-state index is 0.136. The first kappa shape index (κ1) is 19.3. The average Bonchev–Trinajstić information content (AvgIpc) is 3.08. The minimum Gasteiger partial charge on any atom is -0.359 e. The molecule has 0 unspecified atom stereocenters. The van der Waals surface area contributed by atoms with Gasteiger partial charge in [0.25, 0.3) is 0 Å². The molecule has 0 saturated carbocycles. The van der Waals surface area contributed by atoms with Gasteiger partial charge in [0.15, 0.2) is 11.7 Å². The Morgan fingerprint density at radius 2 is 1.88 bits per heavy atom. The second kappa shape index (κ2) is 9.44. The smallest absolute Gasteiger partial charge is 0.219 e. The zero-order valence-electron chi connectivity index (χ0n) is 15.9. The minimum atomic E-state index is 0.136. The van der Waals surface area contributed by atoms with E-state index in [-0.39, 0.29) is 5.91 Å². The second-order valence-electron chi connectivity index (χ2n) is 6.39. The third-order valence-electron chi connectivity index (χ3n) is 4.73. The Morgan fingerprint density at radius 1 is 1.24 bits per heavy atom. The number of guanidine groups is 1. The van der Waals surface area contributed by atoms with Crippen molar-refractivity contribution >= 4 is 11.9 Å². The van der Waals surface area contributed by atoms with Crippen molar-refractivity contribution in [2.45, 2.75) is 53.0 Å². The number of hydrogen-bond acceptors (Lipinski definition) is 4. The Bertz CT molecular complexity index is 572. The lowest BCUT2D eigenvalue weighted by atomic mass is 9.99. The van der Waals surface area contributed by atoms with Crippen molar-refractivity contribution in [2.75, 3.05) is 32.7 Å². The monoisotopic (exact) mass is 349 g/mol. The molecule has 0 bridgehead atoms. The van der Waals surface area contributed by atoms with Crippen LogP contribution in [-0.2, 0) is 11.3 Å². The Hall–Kier alpha value is -2.05. The number of nitrogens with zero attached hydrogens (tertiary/aromatic N) is 4. The highest BCUT2D eigenvalue weighted by Crippen LogP contribution is 2.22. The Labute approximate surface area is 150 Å². The van der Waals surface area contributed by atoms with Crippen LogP contribution in [0.4, 0.5) is 0 Å². The van der Waals surface area contributed by atoms with Gasteiger partial charge in [0.1, 0.15) is 6.54 Å². The lowest BCUT2D eigenvalue weighted by Crippen LogP contribution is -2.53. The predicted molar refractivity (Wildman–Crippen MR) is 98.5 cm³/mol. The highest BCUT2D eigenvalue weighted by atomic mass is 16.5. The van der Waals surface area contributed by atoms with Crippen LogP contribution in [0.25, 0.3) is 0 Å². The summed E-state index contributed by atoms with van der Waals surface area (Å²) in [7, 11) is 0. The summed E-state index contributed by atoms with van der Waals surface area (Å²) in [6.45, 7) is 12.4. The van der Waals surface area contributed by atoms with E-state index in [4.69, 9.17) is 9.52 Å². The normalized spacial score (nSPS) is 15.8. The van der Waals surface area contributed by atoms with Crippen LogP contribution in [0.1, 0.15) is 57.9 Å². The van der Waals surface area contributed by atoms with Crippen molar-refractivity contribution < 1.29 is 9.32 Å². The number of aliphatic imine (C=N–C) groups is 1. The molecule has 140 valence electrons. The van der Waals surface area contributed by atoms with Gasteiger partial charge in [-0.3, -0.25) is 4.79 Å². The molecule has 0 spiro atoms. The van der Waals surface area contributed by atoms with Gasteiger partial charge in [-0.1, -0.05) is 19.0 Å². The lowest BCUT2D eigenvalue weighted by molar-refractivity contribution is -0.130. The van der Waals surface area contributed by atoms with E-state index in [1.807, 2.05) is 11.0 Å². The van der Waals surface area contributed by atoms with Gasteiger partial charge in [-0.25, -0.2) is 4.99 Å². The molecule has 0 aliphatic carbocycles. The van der Waals surface area contributed by atoms with Gasteiger partial charge in [-0.05, 0) is 19.8 Å². The van der Waals surface area contributed by atoms with Crippen LogP contribution < -0.4 is 5.32 Å². The fourth-order valence-electron chi connectivity index (χ4n) is 3.11. The number of hydrogen-bond donors (Lipinski definition) is 1. The fraction of sp³-hybridized carbons (Fsp3) is 0.722. The summed E-state index contributed by atoms with van der Waals surface area (Å²) in [4.78, 5) is 20.2. The molecule has 1 aromatic heterocycles. The Balaban J connectivity index is 1.99. The van der Waals surface area contributed by atoms with Crippen LogP contribution in [0.3, 0.4) is 0 Å². The number of carbonyl (C=O) groups excluding carboxylic acids is 1. The van der Waals surface area contributed by atoms with Crippen molar-refractivity contribution in [1.82, 2.24) is 20.3 Å². The van der Waals surface area contributed by atoms with E-state index in [0.717, 1.165) is 63.0 Å². The average molecular weight is 349 g/mol. The maximum atomic E-state index is 11.5. The first-order chi connectivity index (χ1) is 12.1. The largest absolute Gasteiger partial charge is 0.359 e. The Morgan fingerprint density at radius 3 is 2.44 bits per heavy atom. The number of rotatable bonds is 6. The maximum absolute atomic E-state index is 11.5. The maximum Gasteiger partial charge on any atom is 0.219 e. The van der Waals surface area contributed by atoms with Crippen LogP contribution in [0.15, 0.2) is 15.6 Å². The zero-order chi connectivity index (χ0) is 18.2. The molecule has 2 rings (SSSR count). The molecule has 1 N–H and O–H groups in total. The second-order valence-corrected chi connectivity index (χ2v) is 6.39. The summed E-state index contributed by atoms with van der Waals surface area (Å²) in [5.41, 5.74) is 1.02. The lowest BCUT2D eigenvalue weighted by Gasteiger charge is -2.36. The molecule has 0 radical (unpaired) electrons. The van der Waals surface area contributed by atoms with Crippen molar-refractivity contribution in [2.24, 2.45) is 4.99 Å². The summed E-state index contributed by atoms with van der Waals surface area (Å²) in [5, 5.41) is 7.53. The van der Waals surface area contributed by atoms with E-state index in [0.29, 0.717) is 12.5 Å². The SMILES string of the molecule is CCNC(=NCc1cc(C(CC)CC)no1)N1CCN(C(C)=O)CC1. The van der Waals surface area contributed by atoms with Crippen LogP contribution in [0, 0.1) is 0 Å². The number of carbonyl (C=O) groups is 1. The number of aromatic nitrogens is 1. The quantitative estimate of drug-likeness (QED) is 0.629. The molecular weight excluding hydrogens is 318 g/mol. The van der Waals surface area contributed by atoms with E-state index in [1.165, 1.54) is 0 Å². The first-order valence-electron chi connectivity index (χ1n) is 9.33. The summed E-state index contributed by atoms with van der Waals surface area (Å²) < 4.78 is 5.46. The molecule has 1 amide bonds. The molecule has 1 aromatic rings. The van der Waals surface area contributed by atoms with E-state index in [2.05, 4.69) is 36.1 Å². The highest BCUT2D eigenvalue weighted by Gasteiger charge is 2.21. The zero-order valence-corrected chi connectivity index (χ0v) is 15.9. The van der Waals surface area contributed by atoms with E-state index in [9.17, 15) is 4.79 Å². The molecule has 1 saturated heterocycles. The van der Waals surface area contributed by atoms with Gasteiger partial charge < -0.3 is 19.6 Å². The van der Waals surface area contributed by atoms with Gasteiger partial charge in [0.05, 0.1) is 5.69 Å². The first-order valence-corrected chi connectivity index (χ1v) is 9.33. The molecule has 0 aromatic carbocycles. The third kappa shape index (κ3) is 5.21. The summed E-state index contributed by atoms with van der Waals surface area (Å²) in [5.74, 6) is 2.25. The van der Waals surface area contributed by atoms with Gasteiger partial charge in [0.2, 0.25) is 5.91 Å². The molecular formula is C18H31N5O2. The molecule has 1 fully saturated rings. The molecule has 1 aliphatic heterocycles. The summed E-state index contributed by atoms with van der Waals surface area (Å²) in [6.07, 6.45) is 2.13. The van der Waals surface area contributed by atoms with Crippen LogP contribution in [0.5, 0.6) is 0 Å². The highest BCUT2D eigenvalue weighted by molar-refractivity contribution is 5.80. The van der Waals surface area contributed by atoms with Gasteiger partial charge >= 0.3 is 0 Å². The standard InChI is InChI=1S/C18H31N5O2/c1-5-15(6-2)17-12-16(25-21-17)13-20-18(19-7-3)23-10-8-22(9-11-23)14(4)24/h12,15H,5-11,13H2,1-4H3,(H,19,20). The molecule has 1 aliphatic rings. The van der Waals surface area contributed by atoms with Gasteiger partial charge in [0, 0.05) is 51.6 Å². The number of amides is 1. The molecule has 7 nitrogen and oxygen atoms in total. The molecule has 0 atom stereocenters. The predicted octanol–water partition coefficient (Wildman–Crippen LogP) is 2.21. The molecule has 25 heavy (non-hydrogen) atoms. The van der Waals surface area contributed by atoms with Crippen LogP contribution >= 0.6 is 0 Å². The summed E-state index contributed by atoms with van der Waals surface area (Å²) >= 11 is 0. The van der Waals surface area contributed by atoms with Crippen LogP contribution in [0.2, 0.25) is 0 Å². The van der Waals surface area contributed by atoms with Crippen LogP contribution in [-0.4, -0.2) is 59.5 Å². The van der Waals surface area contributed by atoms with E-state index in [1.54, 1.807) is 6.92 Å². The Kier molecular flexibility index (Phi) is 7.28. The number of nitrogens with one attached hydrogen (secondary N) is 1. The van der Waals surface area contributed by atoms with E-state index >= 15 is 0 Å². The van der Waals surface area contributed by atoms with Crippen molar-refractivity contribution in [3.05, 3.63) is 17.5 Å². The number of piperazine rings is 1. The topological polar surface area (TPSA) is 74.0 Å². The van der Waals surface area contributed by atoms with Crippen molar-refractivity contribution in [3.63, 3.8) is 0 Å². The van der Waals surface area contributed by atoms with Crippen molar-refractivity contribution in [3.8, 4) is 0 Å². The third-order valence-corrected chi connectivity index (χ3v) is 4.73. The molecule has 7 heteroatoms. The van der Waals surface area contributed by atoms with Gasteiger partial charge in [-0.2, -0.15) is 0 Å². The molecule has 2 heterocycles. The van der Waals surface area contributed by atoms with Crippen molar-refractivity contribution in [1.29, 1.82) is 0 Å². The summed E-state index contributed by atoms with van der Waals surface area (Å²) in [6, 6.07) is 2.03.